The molecule has 15 heavy (non-hydrogen) atoms. The van der Waals surface area contributed by atoms with Gasteiger partial charge in [0.05, 0.1) is 0 Å². The normalized spacial score (nSPS) is 12.7. The van der Waals surface area contributed by atoms with Crippen LogP contribution in [0.15, 0.2) is 18.2 Å². The highest BCUT2D eigenvalue weighted by Gasteiger charge is 2.06. The molecular formula is C11H16FNOS. The molecule has 1 unspecified atom stereocenters. The minimum atomic E-state index is -0.563. The number of benzene rings is 1. The molecule has 0 fully saturated rings. The van der Waals surface area contributed by atoms with Crippen molar-refractivity contribution in [3.63, 3.8) is 0 Å². The molecule has 0 amide bonds. The van der Waals surface area contributed by atoms with Crippen molar-refractivity contribution in [1.82, 2.24) is 5.32 Å². The number of halogens is 1. The summed E-state index contributed by atoms with van der Waals surface area (Å²) in [7, 11) is 0. The van der Waals surface area contributed by atoms with Gasteiger partial charge in [0.1, 0.15) is 0 Å². The lowest BCUT2D eigenvalue weighted by atomic mass is 10.2. The Kier molecular flexibility index (Phi) is 4.91. The van der Waals surface area contributed by atoms with E-state index in [2.05, 4.69) is 12.2 Å². The zero-order chi connectivity index (χ0) is 11.3. The molecule has 1 rings (SSSR count). The topological polar surface area (TPSA) is 32.3 Å². The Labute approximate surface area is 93.9 Å². The minimum absolute atomic E-state index is 0.248. The van der Waals surface area contributed by atoms with Gasteiger partial charge in [0.25, 0.3) is 0 Å². The fourth-order valence-electron chi connectivity index (χ4n) is 1.20. The zero-order valence-electron chi connectivity index (χ0n) is 8.96. The molecule has 1 atom stereocenters. The quantitative estimate of drug-likeness (QED) is 0.813. The summed E-state index contributed by atoms with van der Waals surface area (Å²) < 4.78 is 12.9. The molecule has 1 aromatic carbocycles. The van der Waals surface area contributed by atoms with Gasteiger partial charge < -0.3 is 10.4 Å². The Hall–Kier alpha value is -0.740. The molecule has 84 valence electrons. The van der Waals surface area contributed by atoms with Crippen LogP contribution in [0.3, 0.4) is 0 Å². The molecule has 0 saturated heterocycles. The van der Waals surface area contributed by atoms with E-state index in [-0.39, 0.29) is 5.75 Å². The van der Waals surface area contributed by atoms with E-state index in [0.717, 1.165) is 6.54 Å². The summed E-state index contributed by atoms with van der Waals surface area (Å²) in [6.07, 6.45) is 2.05. The third-order valence-corrected chi connectivity index (χ3v) is 3.19. The maximum Gasteiger partial charge on any atom is 0.165 e. The van der Waals surface area contributed by atoms with Crippen LogP contribution in [0.5, 0.6) is 5.75 Å². The summed E-state index contributed by atoms with van der Waals surface area (Å²) in [5, 5.41) is 13.1. The van der Waals surface area contributed by atoms with E-state index in [9.17, 15) is 9.50 Å². The molecule has 0 saturated carbocycles. The summed E-state index contributed by atoms with van der Waals surface area (Å²) in [5.41, 5.74) is 0.600. The second kappa shape index (κ2) is 5.98. The van der Waals surface area contributed by atoms with Crippen LogP contribution in [0.25, 0.3) is 0 Å². The Balaban J connectivity index is 2.47. The largest absolute Gasteiger partial charge is 0.505 e. The number of nitrogens with one attached hydrogen (secondary N) is 1. The van der Waals surface area contributed by atoms with Crippen LogP contribution in [-0.4, -0.2) is 23.2 Å². The SMILES string of the molecule is CSC(C)CNCc1cccc(F)c1O. The molecule has 0 radical (unpaired) electrons. The van der Waals surface area contributed by atoms with Gasteiger partial charge in [0, 0.05) is 23.9 Å². The van der Waals surface area contributed by atoms with Crippen molar-refractivity contribution in [2.45, 2.75) is 18.7 Å². The van der Waals surface area contributed by atoms with Crippen molar-refractivity contribution in [2.24, 2.45) is 0 Å². The lowest BCUT2D eigenvalue weighted by molar-refractivity contribution is 0.423. The first kappa shape index (κ1) is 12.3. The van der Waals surface area contributed by atoms with Crippen LogP contribution in [0.2, 0.25) is 0 Å². The first-order valence-corrected chi connectivity index (χ1v) is 6.13. The molecule has 2 N–H and O–H groups in total. The number of thioether (sulfide) groups is 1. The summed E-state index contributed by atoms with van der Waals surface area (Å²) in [4.78, 5) is 0. The highest BCUT2D eigenvalue weighted by molar-refractivity contribution is 7.99. The minimum Gasteiger partial charge on any atom is -0.505 e. The number of para-hydroxylation sites is 1. The third kappa shape index (κ3) is 3.72. The molecule has 0 aromatic heterocycles. The fourth-order valence-corrected chi connectivity index (χ4v) is 1.48. The lowest BCUT2D eigenvalue weighted by Crippen LogP contribution is -2.22. The Morgan fingerprint density at radius 1 is 1.53 bits per heavy atom. The van der Waals surface area contributed by atoms with E-state index in [1.807, 2.05) is 6.26 Å². The number of rotatable bonds is 5. The maximum atomic E-state index is 12.9. The predicted molar refractivity (Wildman–Crippen MR) is 62.7 cm³/mol. The number of hydrogen-bond acceptors (Lipinski definition) is 3. The van der Waals surface area contributed by atoms with Crippen LogP contribution < -0.4 is 5.32 Å². The monoisotopic (exact) mass is 229 g/mol. The second-order valence-electron chi connectivity index (χ2n) is 3.42. The van der Waals surface area contributed by atoms with Gasteiger partial charge >= 0.3 is 0 Å². The Morgan fingerprint density at radius 2 is 2.27 bits per heavy atom. The van der Waals surface area contributed by atoms with E-state index in [4.69, 9.17) is 0 Å². The van der Waals surface area contributed by atoms with E-state index in [1.54, 1.807) is 23.9 Å². The molecule has 0 aliphatic carbocycles. The third-order valence-electron chi connectivity index (χ3n) is 2.22. The number of aromatic hydroxyl groups is 1. The van der Waals surface area contributed by atoms with Gasteiger partial charge in [-0.15, -0.1) is 0 Å². The molecule has 0 aliphatic heterocycles. The fraction of sp³-hybridized carbons (Fsp3) is 0.455. The van der Waals surface area contributed by atoms with E-state index in [0.29, 0.717) is 17.4 Å². The predicted octanol–water partition coefficient (Wildman–Crippen LogP) is 2.37. The summed E-state index contributed by atoms with van der Waals surface area (Å²) >= 11 is 1.77. The zero-order valence-corrected chi connectivity index (χ0v) is 9.77. The molecule has 1 aromatic rings. The van der Waals surface area contributed by atoms with Crippen LogP contribution in [0.1, 0.15) is 12.5 Å². The molecule has 0 heterocycles. The molecule has 0 bridgehead atoms. The van der Waals surface area contributed by atoms with Crippen LogP contribution in [0.4, 0.5) is 4.39 Å². The van der Waals surface area contributed by atoms with Gasteiger partial charge in [-0.3, -0.25) is 0 Å². The number of phenolic OH excluding ortho intramolecular Hbond substituents is 1. The maximum absolute atomic E-state index is 12.9. The average Bonchev–Trinajstić information content (AvgIpc) is 2.24. The molecule has 4 heteroatoms. The summed E-state index contributed by atoms with van der Waals surface area (Å²) in [5.74, 6) is -0.811. The van der Waals surface area contributed by atoms with Gasteiger partial charge in [-0.05, 0) is 12.3 Å². The van der Waals surface area contributed by atoms with Gasteiger partial charge in [0.15, 0.2) is 11.6 Å². The summed E-state index contributed by atoms with van der Waals surface area (Å²) in [6.45, 7) is 3.45. The highest BCUT2D eigenvalue weighted by Crippen LogP contribution is 2.20. The second-order valence-corrected chi connectivity index (χ2v) is 4.70. The standard InChI is InChI=1S/C11H16FNOS/c1-8(15-2)6-13-7-9-4-3-5-10(12)11(9)14/h3-5,8,13-14H,6-7H2,1-2H3. The molecule has 0 spiro atoms. The summed E-state index contributed by atoms with van der Waals surface area (Å²) in [6, 6.07) is 4.57. The van der Waals surface area contributed by atoms with Gasteiger partial charge in [-0.25, -0.2) is 4.39 Å². The molecule has 2 nitrogen and oxygen atoms in total. The van der Waals surface area contributed by atoms with Crippen molar-refractivity contribution < 1.29 is 9.50 Å². The van der Waals surface area contributed by atoms with E-state index >= 15 is 0 Å². The van der Waals surface area contributed by atoms with Crippen molar-refractivity contribution in [3.05, 3.63) is 29.6 Å². The lowest BCUT2D eigenvalue weighted by Gasteiger charge is -2.10. The smallest absolute Gasteiger partial charge is 0.165 e. The number of hydrogen-bond donors (Lipinski definition) is 2. The number of phenols is 1. The van der Waals surface area contributed by atoms with Crippen LogP contribution in [-0.2, 0) is 6.54 Å². The van der Waals surface area contributed by atoms with Crippen LogP contribution >= 0.6 is 11.8 Å². The first-order valence-electron chi connectivity index (χ1n) is 4.85. The Morgan fingerprint density at radius 3 is 2.93 bits per heavy atom. The van der Waals surface area contributed by atoms with Gasteiger partial charge in [-0.2, -0.15) is 11.8 Å². The molecule has 0 aliphatic rings. The average molecular weight is 229 g/mol. The van der Waals surface area contributed by atoms with Crippen molar-refractivity contribution in [2.75, 3.05) is 12.8 Å². The first-order chi connectivity index (χ1) is 7.15. The van der Waals surface area contributed by atoms with Gasteiger partial charge in [-0.1, -0.05) is 19.1 Å². The highest BCUT2D eigenvalue weighted by atomic mass is 32.2. The van der Waals surface area contributed by atoms with Crippen molar-refractivity contribution in [1.29, 1.82) is 0 Å². The van der Waals surface area contributed by atoms with Crippen molar-refractivity contribution >= 4 is 11.8 Å². The van der Waals surface area contributed by atoms with Gasteiger partial charge in [0.2, 0.25) is 0 Å². The molecular weight excluding hydrogens is 213 g/mol. The Bertz CT molecular complexity index is 319. The van der Waals surface area contributed by atoms with Crippen LogP contribution in [0, 0.1) is 5.82 Å². The van der Waals surface area contributed by atoms with E-state index in [1.165, 1.54) is 6.07 Å². The van der Waals surface area contributed by atoms with E-state index < -0.39 is 5.82 Å². The van der Waals surface area contributed by atoms with Crippen molar-refractivity contribution in [3.8, 4) is 5.75 Å².